The molecule has 13 heavy (non-hydrogen) atoms. The number of anilines is 1. The highest BCUT2D eigenvalue weighted by molar-refractivity contribution is 7.80. The fraction of sp³-hybridized carbons (Fsp3) is 0.125. The zero-order valence-electron chi connectivity index (χ0n) is 7.08. The summed E-state index contributed by atoms with van der Waals surface area (Å²) in [6.45, 7) is 0.545. The second kappa shape index (κ2) is 4.64. The van der Waals surface area contributed by atoms with E-state index in [0.717, 1.165) is 11.3 Å². The Balaban J connectivity index is 2.54. The van der Waals surface area contributed by atoms with Gasteiger partial charge in [0.15, 0.2) is 5.11 Å². The first-order valence-corrected chi connectivity index (χ1v) is 4.23. The van der Waals surface area contributed by atoms with Gasteiger partial charge in [0.1, 0.15) is 0 Å². The molecule has 0 aliphatic heterocycles. The minimum absolute atomic E-state index is 0.211. The van der Waals surface area contributed by atoms with Gasteiger partial charge in [-0.05, 0) is 29.9 Å². The van der Waals surface area contributed by atoms with Crippen LogP contribution in [0.2, 0.25) is 0 Å². The van der Waals surface area contributed by atoms with Gasteiger partial charge in [-0.2, -0.15) is 0 Å². The average molecular weight is 196 g/mol. The zero-order chi connectivity index (χ0) is 9.68. The van der Waals surface area contributed by atoms with Crippen molar-refractivity contribution >= 4 is 23.0 Å². The van der Waals surface area contributed by atoms with Crippen LogP contribution in [0.15, 0.2) is 24.3 Å². The van der Waals surface area contributed by atoms with Crippen LogP contribution >= 0.6 is 12.2 Å². The molecule has 0 aliphatic rings. The number of hydrogen-bond acceptors (Lipinski definition) is 3. The van der Waals surface area contributed by atoms with Crippen LogP contribution < -0.4 is 22.3 Å². The van der Waals surface area contributed by atoms with Gasteiger partial charge in [0.25, 0.3) is 0 Å². The number of hydrogen-bond donors (Lipinski definition) is 4. The first-order valence-electron chi connectivity index (χ1n) is 3.83. The van der Waals surface area contributed by atoms with Crippen molar-refractivity contribution in [2.24, 2.45) is 11.5 Å². The Labute approximate surface area is 82.3 Å². The summed E-state index contributed by atoms with van der Waals surface area (Å²) < 4.78 is 0. The summed E-state index contributed by atoms with van der Waals surface area (Å²) in [6.07, 6.45) is 0. The molecule has 0 saturated heterocycles. The first kappa shape index (κ1) is 9.76. The van der Waals surface area contributed by atoms with Crippen molar-refractivity contribution in [3.8, 4) is 0 Å². The van der Waals surface area contributed by atoms with E-state index in [0.29, 0.717) is 6.54 Å². The summed E-state index contributed by atoms with van der Waals surface area (Å²) in [4.78, 5) is 0. The van der Waals surface area contributed by atoms with Crippen molar-refractivity contribution in [3.05, 3.63) is 29.8 Å². The summed E-state index contributed by atoms with van der Waals surface area (Å²) in [5.41, 5.74) is 18.1. The molecule has 0 unspecified atom stereocenters. The molecular weight excluding hydrogens is 184 g/mol. The van der Waals surface area contributed by atoms with E-state index in [4.69, 9.17) is 11.5 Å². The zero-order valence-corrected chi connectivity index (χ0v) is 7.90. The molecule has 0 amide bonds. The quantitative estimate of drug-likeness (QED) is 0.413. The smallest absolute Gasteiger partial charge is 0.182 e. The monoisotopic (exact) mass is 196 g/mol. The number of thiocarbonyl (C=S) groups is 1. The van der Waals surface area contributed by atoms with Gasteiger partial charge in [0, 0.05) is 6.54 Å². The van der Waals surface area contributed by atoms with Crippen LogP contribution in [0, 0.1) is 0 Å². The second-order valence-electron chi connectivity index (χ2n) is 2.52. The normalized spacial score (nSPS) is 9.31. The molecule has 0 heterocycles. The summed E-state index contributed by atoms with van der Waals surface area (Å²) in [5.74, 6) is 0. The van der Waals surface area contributed by atoms with Crippen LogP contribution in [-0.4, -0.2) is 5.11 Å². The van der Waals surface area contributed by atoms with Gasteiger partial charge in [-0.15, -0.1) is 0 Å². The molecule has 5 heteroatoms. The van der Waals surface area contributed by atoms with Crippen LogP contribution in [0.1, 0.15) is 5.56 Å². The van der Waals surface area contributed by atoms with E-state index in [9.17, 15) is 0 Å². The molecule has 0 radical (unpaired) electrons. The van der Waals surface area contributed by atoms with E-state index in [-0.39, 0.29) is 5.11 Å². The molecule has 0 aromatic heterocycles. The van der Waals surface area contributed by atoms with Crippen molar-refractivity contribution in [1.82, 2.24) is 5.43 Å². The van der Waals surface area contributed by atoms with Crippen molar-refractivity contribution in [2.45, 2.75) is 6.54 Å². The third-order valence-corrected chi connectivity index (χ3v) is 1.62. The molecule has 0 spiro atoms. The van der Waals surface area contributed by atoms with Gasteiger partial charge in [-0.1, -0.05) is 12.1 Å². The summed E-state index contributed by atoms with van der Waals surface area (Å²) in [5, 5.41) is 0.211. The molecule has 1 aromatic carbocycles. The maximum absolute atomic E-state index is 5.45. The van der Waals surface area contributed by atoms with Gasteiger partial charge in [0.2, 0.25) is 0 Å². The summed E-state index contributed by atoms with van der Waals surface area (Å²) in [6, 6.07) is 7.66. The third kappa shape index (κ3) is 3.27. The number of hydrazine groups is 1. The lowest BCUT2D eigenvalue weighted by Gasteiger charge is -2.07. The number of benzene rings is 1. The standard InChI is InChI=1S/C8H12N4S/c9-5-6-1-3-7(4-2-6)11-12-8(10)13/h1-4,11H,5,9H2,(H3,10,12,13). The van der Waals surface area contributed by atoms with E-state index in [2.05, 4.69) is 23.1 Å². The highest BCUT2D eigenvalue weighted by atomic mass is 32.1. The Hall–Kier alpha value is -1.33. The molecule has 6 N–H and O–H groups in total. The first-order chi connectivity index (χ1) is 6.22. The number of nitrogens with two attached hydrogens (primary N) is 2. The molecule has 0 saturated carbocycles. The predicted molar refractivity (Wildman–Crippen MR) is 57.9 cm³/mol. The topological polar surface area (TPSA) is 76.1 Å². The predicted octanol–water partition coefficient (Wildman–Crippen LogP) is 0.305. The van der Waals surface area contributed by atoms with Gasteiger partial charge in [-0.25, -0.2) is 0 Å². The third-order valence-electron chi connectivity index (χ3n) is 1.52. The average Bonchev–Trinajstić information content (AvgIpc) is 2.15. The Morgan fingerprint density at radius 1 is 1.31 bits per heavy atom. The Morgan fingerprint density at radius 3 is 2.38 bits per heavy atom. The molecule has 0 aliphatic carbocycles. The molecule has 0 atom stereocenters. The lowest BCUT2D eigenvalue weighted by Crippen LogP contribution is -2.33. The SMILES string of the molecule is NCc1ccc(NNC(N)=S)cc1. The van der Waals surface area contributed by atoms with Crippen molar-refractivity contribution in [1.29, 1.82) is 0 Å². The number of rotatable bonds is 3. The van der Waals surface area contributed by atoms with Crippen molar-refractivity contribution < 1.29 is 0 Å². The molecule has 0 fully saturated rings. The van der Waals surface area contributed by atoms with Crippen molar-refractivity contribution in [2.75, 3.05) is 5.43 Å². The summed E-state index contributed by atoms with van der Waals surface area (Å²) >= 11 is 4.63. The minimum atomic E-state index is 0.211. The largest absolute Gasteiger partial charge is 0.375 e. The van der Waals surface area contributed by atoms with E-state index < -0.39 is 0 Å². The molecule has 1 rings (SSSR count). The highest BCUT2D eigenvalue weighted by Crippen LogP contribution is 2.07. The second-order valence-corrected chi connectivity index (χ2v) is 2.96. The molecular formula is C8H12N4S. The fourth-order valence-corrected chi connectivity index (χ4v) is 0.909. The molecule has 0 bridgehead atoms. The molecule has 4 nitrogen and oxygen atoms in total. The van der Waals surface area contributed by atoms with Crippen LogP contribution in [0.4, 0.5) is 5.69 Å². The van der Waals surface area contributed by atoms with Gasteiger partial charge < -0.3 is 11.5 Å². The lowest BCUT2D eigenvalue weighted by molar-refractivity contribution is 1.07. The van der Waals surface area contributed by atoms with Crippen molar-refractivity contribution in [3.63, 3.8) is 0 Å². The lowest BCUT2D eigenvalue weighted by atomic mass is 10.2. The van der Waals surface area contributed by atoms with E-state index >= 15 is 0 Å². The van der Waals surface area contributed by atoms with E-state index in [1.165, 1.54) is 0 Å². The molecule has 1 aromatic rings. The van der Waals surface area contributed by atoms with Crippen LogP contribution in [0.5, 0.6) is 0 Å². The van der Waals surface area contributed by atoms with Gasteiger partial charge in [-0.3, -0.25) is 10.9 Å². The van der Waals surface area contributed by atoms with Crippen LogP contribution in [0.25, 0.3) is 0 Å². The number of nitrogens with one attached hydrogen (secondary N) is 2. The molecule has 70 valence electrons. The Morgan fingerprint density at radius 2 is 1.92 bits per heavy atom. The van der Waals surface area contributed by atoms with E-state index in [1.807, 2.05) is 24.3 Å². The van der Waals surface area contributed by atoms with Crippen LogP contribution in [-0.2, 0) is 6.54 Å². The van der Waals surface area contributed by atoms with E-state index in [1.54, 1.807) is 0 Å². The van der Waals surface area contributed by atoms with Gasteiger partial charge in [0.05, 0.1) is 5.69 Å². The summed E-state index contributed by atoms with van der Waals surface area (Å²) in [7, 11) is 0. The fourth-order valence-electron chi connectivity index (χ4n) is 0.858. The van der Waals surface area contributed by atoms with Gasteiger partial charge >= 0.3 is 0 Å². The minimum Gasteiger partial charge on any atom is -0.375 e. The Bertz CT molecular complexity index is 283. The Kier molecular flexibility index (Phi) is 3.48. The maximum atomic E-state index is 5.45. The highest BCUT2D eigenvalue weighted by Gasteiger charge is 1.91. The van der Waals surface area contributed by atoms with Crippen LogP contribution in [0.3, 0.4) is 0 Å². The maximum Gasteiger partial charge on any atom is 0.182 e.